The molecule has 1 fully saturated rings. The van der Waals surface area contributed by atoms with Crippen LogP contribution >= 0.6 is 12.8 Å². The zero-order chi connectivity index (χ0) is 30.2. The van der Waals surface area contributed by atoms with Crippen molar-refractivity contribution >= 4 is 41.3 Å². The van der Waals surface area contributed by atoms with Crippen LogP contribution in [0.5, 0.6) is 0 Å². The minimum absolute atomic E-state index is 0.0482. The van der Waals surface area contributed by atoms with Crippen LogP contribution in [-0.2, 0) is 0 Å². The number of aromatic amines is 1. The van der Waals surface area contributed by atoms with E-state index in [-0.39, 0.29) is 29.4 Å². The molecule has 220 valence electrons. The summed E-state index contributed by atoms with van der Waals surface area (Å²) < 4.78 is 34.9. The van der Waals surface area contributed by atoms with Crippen molar-refractivity contribution in [1.82, 2.24) is 20.4 Å². The number of carbonyl (C=O) groups is 2. The van der Waals surface area contributed by atoms with Crippen LogP contribution in [0.25, 0.3) is 33.6 Å². The van der Waals surface area contributed by atoms with Gasteiger partial charge < -0.3 is 18.9 Å². The van der Waals surface area contributed by atoms with E-state index in [1.165, 1.54) is 24.3 Å². The third-order valence-electron chi connectivity index (χ3n) is 7.84. The number of nitrogens with zero attached hydrogens (tertiary/aromatic N) is 3. The number of hydrogen-bond acceptors (Lipinski definition) is 6. The Kier molecular flexibility index (Phi) is 7.66. The summed E-state index contributed by atoms with van der Waals surface area (Å²) in [6, 6.07) is 17.2. The highest BCUT2D eigenvalue weighted by Crippen LogP contribution is 2.42. The summed E-state index contributed by atoms with van der Waals surface area (Å²) in [7, 11) is 3.36. The van der Waals surface area contributed by atoms with Gasteiger partial charge in [0.15, 0.2) is 0 Å². The average Bonchev–Trinajstić information content (AvgIpc) is 3.66. The van der Waals surface area contributed by atoms with Gasteiger partial charge >= 0.3 is 0 Å². The van der Waals surface area contributed by atoms with Gasteiger partial charge in [0.2, 0.25) is 0 Å². The highest BCUT2D eigenvalue weighted by Gasteiger charge is 2.31. The molecule has 0 spiro atoms. The maximum atomic E-state index is 13.7. The summed E-state index contributed by atoms with van der Waals surface area (Å²) in [5.41, 5.74) is 4.75. The van der Waals surface area contributed by atoms with E-state index < -0.39 is 0 Å². The van der Waals surface area contributed by atoms with Crippen molar-refractivity contribution in [3.8, 4) is 22.6 Å². The van der Waals surface area contributed by atoms with Gasteiger partial charge in [-0.1, -0.05) is 12.8 Å². The number of piperidine rings is 1. The number of fused-ring (bicyclic) bond motifs is 1. The molecular weight excluding hydrogens is 572 g/mol. The fourth-order valence-corrected chi connectivity index (χ4v) is 5.87. The Morgan fingerprint density at radius 1 is 1.05 bits per heavy atom. The van der Waals surface area contributed by atoms with Gasteiger partial charge in [-0.3, -0.25) is 14.7 Å². The molecule has 2 N–H and O–H groups in total. The van der Waals surface area contributed by atoms with E-state index in [0.717, 1.165) is 24.1 Å². The van der Waals surface area contributed by atoms with E-state index in [2.05, 4.69) is 28.3 Å². The Morgan fingerprint density at radius 3 is 2.37 bits per heavy atom. The average molecular weight is 602 g/mol. The zero-order valence-electron chi connectivity index (χ0n) is 23.5. The van der Waals surface area contributed by atoms with Crippen LogP contribution in [0.2, 0.25) is 0 Å². The lowest BCUT2D eigenvalue weighted by molar-refractivity contribution is 0.0701. The quantitative estimate of drug-likeness (QED) is 0.195. The third-order valence-corrected chi connectivity index (χ3v) is 8.06. The first-order valence-corrected chi connectivity index (χ1v) is 14.2. The smallest absolute Gasteiger partial charge is 0.271 e. The van der Waals surface area contributed by atoms with Gasteiger partial charge in [-0.05, 0) is 79.1 Å². The van der Waals surface area contributed by atoms with E-state index in [4.69, 9.17) is 4.42 Å². The summed E-state index contributed by atoms with van der Waals surface area (Å²) >= 11 is 4.59. The molecule has 11 heteroatoms. The predicted molar refractivity (Wildman–Crippen MR) is 164 cm³/mol. The van der Waals surface area contributed by atoms with E-state index in [9.17, 15) is 18.4 Å². The molecule has 3 heterocycles. The number of furan rings is 1. The van der Waals surface area contributed by atoms with Crippen LogP contribution in [-0.4, -0.2) is 54.1 Å². The molecule has 0 saturated carbocycles. The number of amides is 2. The van der Waals surface area contributed by atoms with Gasteiger partial charge in [0, 0.05) is 55.7 Å². The molecule has 3 aromatic carbocycles. The molecule has 1 saturated heterocycles. The highest BCUT2D eigenvalue weighted by atomic mass is 32.1. The van der Waals surface area contributed by atoms with Crippen LogP contribution in [0.3, 0.4) is 0 Å². The second kappa shape index (κ2) is 11.6. The number of halogens is 2. The molecule has 1 atom stereocenters. The second-order valence-corrected chi connectivity index (χ2v) is 11.2. The van der Waals surface area contributed by atoms with Gasteiger partial charge in [-0.15, -0.1) is 0 Å². The molecule has 8 nitrogen and oxygen atoms in total. The summed E-state index contributed by atoms with van der Waals surface area (Å²) in [5.74, 6) is -0.943. The van der Waals surface area contributed by atoms with E-state index in [1.807, 2.05) is 19.2 Å². The van der Waals surface area contributed by atoms with E-state index >= 15 is 0 Å². The topological polar surface area (TPSA) is 94.5 Å². The van der Waals surface area contributed by atoms with Crippen LogP contribution in [0.15, 0.2) is 71.1 Å². The Bertz CT molecular complexity index is 1820. The summed E-state index contributed by atoms with van der Waals surface area (Å²) in [6.07, 6.45) is 1.60. The van der Waals surface area contributed by atoms with Gasteiger partial charge in [-0.2, -0.15) is 5.10 Å². The minimum Gasteiger partial charge on any atom is -0.455 e. The molecule has 1 aliphatic rings. The monoisotopic (exact) mass is 601 g/mol. The molecule has 0 radical (unpaired) electrons. The van der Waals surface area contributed by atoms with Gasteiger partial charge in [0.1, 0.15) is 28.7 Å². The maximum absolute atomic E-state index is 13.7. The maximum Gasteiger partial charge on any atom is 0.271 e. The fraction of sp³-hybridized carbons (Fsp3) is 0.219. The SMILES string of the molecule is CNC(=O)c1c(-c2ccc(F)cc2)oc2cc(N(C)S)c(C3CCCN(C(=O)c4cc(-c5ccc(F)cc5)n[nH]4)C3)cc12. The molecule has 0 aliphatic carbocycles. The zero-order valence-corrected chi connectivity index (χ0v) is 24.4. The highest BCUT2D eigenvalue weighted by molar-refractivity contribution is 7.81. The Hall–Kier alpha value is -4.64. The van der Waals surface area contributed by atoms with Crippen molar-refractivity contribution in [2.75, 3.05) is 31.5 Å². The molecule has 0 bridgehead atoms. The van der Waals surface area contributed by atoms with Crippen LogP contribution in [0.1, 0.15) is 45.2 Å². The number of aromatic nitrogens is 2. The molecule has 43 heavy (non-hydrogen) atoms. The number of hydrogen-bond donors (Lipinski definition) is 3. The third kappa shape index (κ3) is 5.48. The number of nitrogens with one attached hydrogen (secondary N) is 2. The Labute approximate surface area is 252 Å². The Morgan fingerprint density at radius 2 is 1.72 bits per heavy atom. The first kappa shape index (κ1) is 28.5. The lowest BCUT2D eigenvalue weighted by Gasteiger charge is -2.34. The predicted octanol–water partition coefficient (Wildman–Crippen LogP) is 6.43. The number of rotatable bonds is 6. The molecule has 6 rings (SSSR count). The molecule has 2 aromatic heterocycles. The second-order valence-electron chi connectivity index (χ2n) is 10.6. The number of thiol groups is 1. The lowest BCUT2D eigenvalue weighted by atomic mass is 9.88. The Balaban J connectivity index is 1.35. The standard InChI is InChI=1S/C32H29F2N5O3S/c1-35-31(40)29-24-14-23(27(38(2)43)16-28(24)42-30(29)19-7-11-22(34)12-8-19)20-4-3-13-39(17-20)32(41)26-15-25(36-37-26)18-5-9-21(33)10-6-18/h5-12,14-16,20,43H,3-4,13,17H2,1-2H3,(H,35,40)(H,36,37). The van der Waals surface area contributed by atoms with Crippen LogP contribution < -0.4 is 9.62 Å². The van der Waals surface area contributed by atoms with E-state index in [0.29, 0.717) is 57.9 Å². The summed E-state index contributed by atoms with van der Waals surface area (Å²) in [5, 5.41) is 10.4. The molecule has 1 unspecified atom stereocenters. The van der Waals surface area contributed by atoms with Crippen molar-refractivity contribution in [2.24, 2.45) is 0 Å². The molecular formula is C32H29F2N5O3S. The van der Waals surface area contributed by atoms with Gasteiger partial charge in [0.25, 0.3) is 11.8 Å². The number of H-pyrrole nitrogens is 1. The normalized spacial score (nSPS) is 15.1. The van der Waals surface area contributed by atoms with Crippen molar-refractivity contribution in [3.05, 3.63) is 95.2 Å². The van der Waals surface area contributed by atoms with Crippen LogP contribution in [0, 0.1) is 11.6 Å². The van der Waals surface area contributed by atoms with E-state index in [1.54, 1.807) is 46.6 Å². The molecule has 1 aliphatic heterocycles. The first-order valence-electron chi connectivity index (χ1n) is 13.8. The van der Waals surface area contributed by atoms with Crippen molar-refractivity contribution in [3.63, 3.8) is 0 Å². The molecule has 5 aromatic rings. The lowest BCUT2D eigenvalue weighted by Crippen LogP contribution is -2.39. The number of likely N-dealkylation sites (tertiary alicyclic amines) is 1. The van der Waals surface area contributed by atoms with Crippen molar-refractivity contribution < 1.29 is 22.8 Å². The van der Waals surface area contributed by atoms with Crippen molar-refractivity contribution in [2.45, 2.75) is 18.8 Å². The van der Waals surface area contributed by atoms with Gasteiger partial charge in [-0.25, -0.2) is 8.78 Å². The number of anilines is 1. The molecule has 2 amide bonds. The minimum atomic E-state index is -0.388. The first-order chi connectivity index (χ1) is 20.7. The number of benzene rings is 3. The van der Waals surface area contributed by atoms with Crippen molar-refractivity contribution in [1.29, 1.82) is 0 Å². The number of carbonyl (C=O) groups excluding carboxylic acids is 2. The summed E-state index contributed by atoms with van der Waals surface area (Å²) in [6.45, 7) is 1.03. The fourth-order valence-electron chi connectivity index (χ4n) is 5.70. The van der Waals surface area contributed by atoms with Gasteiger partial charge in [0.05, 0.1) is 16.9 Å². The summed E-state index contributed by atoms with van der Waals surface area (Å²) in [4.78, 5) is 28.5. The van der Waals surface area contributed by atoms with Crippen LogP contribution in [0.4, 0.5) is 14.5 Å². The largest absolute Gasteiger partial charge is 0.455 e.